The normalized spacial score (nSPS) is 39.1. The minimum Gasteiger partial charge on any atom is -1.00 e. The first-order valence-corrected chi connectivity index (χ1v) is 5.94. The Bertz CT molecular complexity index is 344. The Balaban J connectivity index is 0.000000810. The van der Waals surface area contributed by atoms with E-state index in [0.717, 1.165) is 0 Å². The van der Waals surface area contributed by atoms with Gasteiger partial charge in [0.1, 0.15) is 0 Å². The zero-order valence-corrected chi connectivity index (χ0v) is 13.1. The summed E-state index contributed by atoms with van der Waals surface area (Å²) in [6.45, 7) is 0. The quantitative estimate of drug-likeness (QED) is 0.339. The molecule has 4 N–H and O–H groups in total. The fourth-order valence-electron chi connectivity index (χ4n) is 1.94. The van der Waals surface area contributed by atoms with Crippen molar-refractivity contribution in [1.29, 1.82) is 0 Å². The van der Waals surface area contributed by atoms with E-state index in [4.69, 9.17) is 0 Å². The molecule has 0 bridgehead atoms. The first-order valence-electron chi connectivity index (χ1n) is 5.94. The molecule has 4 nitrogen and oxygen atoms in total. The molecule has 1 heterocycles. The van der Waals surface area contributed by atoms with Crippen LogP contribution >= 0.6 is 0 Å². The smallest absolute Gasteiger partial charge is 0.218 e. The van der Waals surface area contributed by atoms with Crippen molar-refractivity contribution in [2.75, 3.05) is 0 Å². The second-order valence-electron chi connectivity index (χ2n) is 4.62. The molecule has 6 heteroatoms. The summed E-state index contributed by atoms with van der Waals surface area (Å²) < 4.78 is 0. The predicted molar refractivity (Wildman–Crippen MR) is 63.0 cm³/mol. The van der Waals surface area contributed by atoms with Gasteiger partial charge in [0.2, 0.25) is 12.1 Å². The predicted octanol–water partition coefficient (Wildman–Crippen LogP) is -9.20. The Morgan fingerprint density at radius 2 is 1.28 bits per heavy atom. The number of hydrogen-bond acceptors (Lipinski definition) is 2. The summed E-state index contributed by atoms with van der Waals surface area (Å²) in [5.41, 5.74) is 0. The van der Waals surface area contributed by atoms with E-state index in [2.05, 4.69) is 20.6 Å². The third-order valence-corrected chi connectivity index (χ3v) is 3.21. The van der Waals surface area contributed by atoms with Crippen LogP contribution in [0.25, 0.3) is 0 Å². The van der Waals surface area contributed by atoms with E-state index in [1.54, 1.807) is 0 Å². The molecule has 100 valence electrons. The second kappa shape index (κ2) is 7.09. The molecule has 0 aromatic rings. The van der Waals surface area contributed by atoms with Gasteiger partial charge >= 0.3 is 0 Å². The Kier molecular flexibility index (Phi) is 6.08. The van der Waals surface area contributed by atoms with Crippen molar-refractivity contribution in [2.24, 2.45) is 0 Å². The molecule has 1 aliphatic heterocycles. The topological polar surface area (TPSA) is 52.0 Å². The standard InChI is InChI=1S/C12H16N4.2BrH/c1-3-13-9-7-11(9)15-5-2-6-16-12-8-10(12)14-4-1;;/h1-6,9-13,15H,7-8H2;2*1H/b3-1+,5-2+,14-4?,16-6?;;/t9-,10+,11+,12-;;. The van der Waals surface area contributed by atoms with Crippen LogP contribution in [0, 0.1) is 0 Å². The third kappa shape index (κ3) is 4.24. The second-order valence-corrected chi connectivity index (χ2v) is 4.62. The average molecular weight is 378 g/mol. The zero-order chi connectivity index (χ0) is 10.8. The van der Waals surface area contributed by atoms with E-state index in [1.807, 2.05) is 37.0 Å². The highest BCUT2D eigenvalue weighted by atomic mass is 79.9. The molecule has 4 atom stereocenters. The number of nitrogens with one attached hydrogen (secondary N) is 4. The van der Waals surface area contributed by atoms with Crippen molar-refractivity contribution in [3.8, 4) is 0 Å². The molecule has 0 radical (unpaired) electrons. The van der Waals surface area contributed by atoms with Crippen LogP contribution in [0.5, 0.6) is 0 Å². The molecule has 2 fully saturated rings. The molecule has 0 saturated heterocycles. The zero-order valence-electron chi connectivity index (χ0n) is 9.94. The highest BCUT2D eigenvalue weighted by Crippen LogP contribution is 2.20. The maximum Gasteiger partial charge on any atom is 0.218 e. The fourth-order valence-corrected chi connectivity index (χ4v) is 1.94. The van der Waals surface area contributed by atoms with Gasteiger partial charge in [-0.25, -0.2) is 9.98 Å². The molecule has 0 amide bonds. The lowest BCUT2D eigenvalue weighted by Gasteiger charge is -1.98. The highest BCUT2D eigenvalue weighted by molar-refractivity contribution is 5.65. The maximum absolute atomic E-state index is 3.36. The molecule has 2 saturated carbocycles. The lowest BCUT2D eigenvalue weighted by Crippen LogP contribution is -3.00. The van der Waals surface area contributed by atoms with Crippen LogP contribution in [0.1, 0.15) is 12.8 Å². The van der Waals surface area contributed by atoms with E-state index in [-0.39, 0.29) is 34.0 Å². The number of rotatable bonds is 0. The first-order chi connectivity index (χ1) is 7.93. The van der Waals surface area contributed by atoms with E-state index >= 15 is 0 Å². The Morgan fingerprint density at radius 3 is 1.78 bits per heavy atom. The van der Waals surface area contributed by atoms with Crippen molar-refractivity contribution in [2.45, 2.75) is 37.0 Å². The van der Waals surface area contributed by atoms with Crippen molar-refractivity contribution >= 4 is 12.4 Å². The summed E-state index contributed by atoms with van der Waals surface area (Å²) in [5, 5.41) is 6.73. The van der Waals surface area contributed by atoms with Gasteiger partial charge < -0.3 is 44.6 Å². The fraction of sp³-hybridized carbons (Fsp3) is 0.500. The first kappa shape index (κ1) is 15.4. The summed E-state index contributed by atoms with van der Waals surface area (Å²) in [4.78, 5) is 6.73. The van der Waals surface area contributed by atoms with Crippen LogP contribution in [0.3, 0.4) is 0 Å². The molecule has 2 aliphatic carbocycles. The molecule has 18 heavy (non-hydrogen) atoms. The van der Waals surface area contributed by atoms with Gasteiger partial charge in [-0.3, -0.25) is 0 Å². The number of hydrogen-bond donors (Lipinski definition) is 4. The Labute approximate surface area is 128 Å². The Hall–Kier alpha value is -0.620. The molecule has 0 spiro atoms. The van der Waals surface area contributed by atoms with Gasteiger partial charge in [0.25, 0.3) is 0 Å². The van der Waals surface area contributed by atoms with E-state index in [1.165, 1.54) is 12.8 Å². The van der Waals surface area contributed by atoms with E-state index in [9.17, 15) is 0 Å². The summed E-state index contributed by atoms with van der Waals surface area (Å²) in [6, 6.07) is 2.33. The number of fused-ring (bicyclic) bond motifs is 2. The SMILES string of the molecule is C1=[NH+][C@H]2C[C@H]2[NH+]=C/C=C/N[C@H]2C[C@H]2N/C=C/1.[Br-].[Br-]. The van der Waals surface area contributed by atoms with Crippen LogP contribution in [-0.2, 0) is 0 Å². The minimum absolute atomic E-state index is 0. The summed E-state index contributed by atoms with van der Waals surface area (Å²) >= 11 is 0. The van der Waals surface area contributed by atoms with Gasteiger partial charge in [0.05, 0.1) is 6.42 Å². The molecule has 3 rings (SSSR count). The largest absolute Gasteiger partial charge is 1.00 e. The van der Waals surface area contributed by atoms with Crippen molar-refractivity contribution < 1.29 is 43.9 Å². The van der Waals surface area contributed by atoms with Crippen LogP contribution in [0.4, 0.5) is 0 Å². The lowest BCUT2D eigenvalue weighted by molar-refractivity contribution is -0.536. The minimum atomic E-state index is 0. The molecule has 0 unspecified atom stereocenters. The van der Waals surface area contributed by atoms with Crippen molar-refractivity contribution in [3.63, 3.8) is 0 Å². The van der Waals surface area contributed by atoms with Crippen LogP contribution in [-0.4, -0.2) is 36.6 Å². The summed E-state index contributed by atoms with van der Waals surface area (Å²) in [7, 11) is 0. The van der Waals surface area contributed by atoms with E-state index < -0.39 is 0 Å². The number of allylic oxidation sites excluding steroid dienone is 2. The molecule has 0 aromatic heterocycles. The molecular weight excluding hydrogens is 360 g/mol. The average Bonchev–Trinajstić information content (AvgIpc) is 3.15. The van der Waals surface area contributed by atoms with Gasteiger partial charge in [-0.2, -0.15) is 0 Å². The van der Waals surface area contributed by atoms with Crippen LogP contribution < -0.4 is 54.6 Å². The monoisotopic (exact) mass is 376 g/mol. The molecule has 3 aliphatic rings. The van der Waals surface area contributed by atoms with Gasteiger partial charge in [0, 0.05) is 36.6 Å². The van der Waals surface area contributed by atoms with Crippen LogP contribution in [0.2, 0.25) is 0 Å². The summed E-state index contributed by atoms with van der Waals surface area (Å²) in [6.07, 6.45) is 14.5. The maximum atomic E-state index is 3.36. The molecular formula is C12H18Br2N4. The van der Waals surface area contributed by atoms with Gasteiger partial charge in [0.15, 0.2) is 12.4 Å². The van der Waals surface area contributed by atoms with Gasteiger partial charge in [-0.05, 0) is 6.42 Å². The lowest BCUT2D eigenvalue weighted by atomic mass is 10.5. The van der Waals surface area contributed by atoms with E-state index in [0.29, 0.717) is 24.2 Å². The molecule has 0 aromatic carbocycles. The van der Waals surface area contributed by atoms with Crippen molar-refractivity contribution in [1.82, 2.24) is 10.6 Å². The van der Waals surface area contributed by atoms with Gasteiger partial charge in [-0.15, -0.1) is 0 Å². The Morgan fingerprint density at radius 1 is 0.778 bits per heavy atom. The van der Waals surface area contributed by atoms with Crippen LogP contribution in [0.15, 0.2) is 24.6 Å². The van der Waals surface area contributed by atoms with Gasteiger partial charge in [-0.1, -0.05) is 0 Å². The third-order valence-electron chi connectivity index (χ3n) is 3.21. The highest BCUT2D eigenvalue weighted by Gasteiger charge is 2.47. The van der Waals surface area contributed by atoms with Crippen molar-refractivity contribution in [3.05, 3.63) is 24.6 Å². The summed E-state index contributed by atoms with van der Waals surface area (Å²) in [5.74, 6) is 0. The number of halogens is 2.